The Bertz CT molecular complexity index is 514. The van der Waals surface area contributed by atoms with Crippen LogP contribution in [0.3, 0.4) is 0 Å². The van der Waals surface area contributed by atoms with E-state index in [0.717, 1.165) is 5.92 Å². The molecule has 1 aromatic heterocycles. The van der Waals surface area contributed by atoms with Crippen LogP contribution in [0.15, 0.2) is 22.7 Å². The van der Waals surface area contributed by atoms with Gasteiger partial charge in [-0.15, -0.1) is 11.3 Å². The van der Waals surface area contributed by atoms with Crippen molar-refractivity contribution in [3.63, 3.8) is 0 Å². The van der Waals surface area contributed by atoms with Crippen molar-refractivity contribution in [2.24, 2.45) is 5.73 Å². The second-order valence-corrected chi connectivity index (χ2v) is 6.11. The van der Waals surface area contributed by atoms with Crippen molar-refractivity contribution in [2.75, 3.05) is 0 Å². The van der Waals surface area contributed by atoms with Crippen LogP contribution >= 0.6 is 27.3 Å². The third-order valence-electron chi connectivity index (χ3n) is 2.94. The van der Waals surface area contributed by atoms with Gasteiger partial charge in [0.1, 0.15) is 0 Å². The highest BCUT2D eigenvalue weighted by Crippen LogP contribution is 2.48. The minimum atomic E-state index is 0.683. The summed E-state index contributed by atoms with van der Waals surface area (Å²) in [7, 11) is 0. The second kappa shape index (κ2) is 3.58. The predicted octanol–water partition coefficient (Wildman–Crippen LogP) is 4.00. The van der Waals surface area contributed by atoms with Gasteiger partial charge in [-0.25, -0.2) is 0 Å². The molecule has 2 aromatic rings. The zero-order valence-corrected chi connectivity index (χ0v) is 10.7. The fourth-order valence-corrected chi connectivity index (χ4v) is 3.62. The standard InChI is InChI=1S/C12H12BrNS/c13-8-3-4-10-9(5-8)12(7-1-2-7)11(6-14)15-10/h3-5,7H,1-2,6,14H2. The van der Waals surface area contributed by atoms with E-state index in [0.29, 0.717) is 6.54 Å². The fourth-order valence-electron chi connectivity index (χ4n) is 2.11. The van der Waals surface area contributed by atoms with Gasteiger partial charge in [-0.05, 0) is 47.9 Å². The van der Waals surface area contributed by atoms with Crippen LogP contribution < -0.4 is 5.73 Å². The first kappa shape index (κ1) is 9.82. The zero-order valence-electron chi connectivity index (χ0n) is 8.29. The molecule has 1 fully saturated rings. The van der Waals surface area contributed by atoms with Crippen molar-refractivity contribution < 1.29 is 0 Å². The lowest BCUT2D eigenvalue weighted by molar-refractivity contribution is 1.04. The second-order valence-electron chi connectivity index (χ2n) is 4.06. The van der Waals surface area contributed by atoms with E-state index < -0.39 is 0 Å². The highest BCUT2D eigenvalue weighted by Gasteiger charge is 2.29. The first-order valence-electron chi connectivity index (χ1n) is 5.20. The molecule has 15 heavy (non-hydrogen) atoms. The Balaban J connectivity index is 2.30. The van der Waals surface area contributed by atoms with Gasteiger partial charge >= 0.3 is 0 Å². The van der Waals surface area contributed by atoms with E-state index in [1.165, 1.54) is 37.8 Å². The maximum Gasteiger partial charge on any atom is 0.0349 e. The van der Waals surface area contributed by atoms with Crippen LogP contribution in [0.5, 0.6) is 0 Å². The van der Waals surface area contributed by atoms with Crippen molar-refractivity contribution in [3.05, 3.63) is 33.1 Å². The lowest BCUT2D eigenvalue weighted by atomic mass is 10.1. The smallest absolute Gasteiger partial charge is 0.0349 e. The number of thiophene rings is 1. The Morgan fingerprint density at radius 3 is 2.87 bits per heavy atom. The zero-order chi connectivity index (χ0) is 10.4. The van der Waals surface area contributed by atoms with Crippen LogP contribution in [0.1, 0.15) is 29.2 Å². The molecule has 1 nitrogen and oxygen atoms in total. The Kier molecular flexibility index (Phi) is 2.34. The van der Waals surface area contributed by atoms with Gasteiger partial charge in [0.25, 0.3) is 0 Å². The lowest BCUT2D eigenvalue weighted by Gasteiger charge is -1.99. The first-order chi connectivity index (χ1) is 7.29. The molecule has 78 valence electrons. The number of benzene rings is 1. The molecule has 0 spiro atoms. The van der Waals surface area contributed by atoms with Gasteiger partial charge in [-0.2, -0.15) is 0 Å². The summed E-state index contributed by atoms with van der Waals surface area (Å²) in [6.45, 7) is 0.683. The molecule has 1 aliphatic rings. The maximum atomic E-state index is 5.82. The van der Waals surface area contributed by atoms with Crippen LogP contribution in [0.25, 0.3) is 10.1 Å². The van der Waals surface area contributed by atoms with E-state index in [1.54, 1.807) is 0 Å². The number of hydrogen-bond donors (Lipinski definition) is 1. The van der Waals surface area contributed by atoms with Crippen LogP contribution in [0, 0.1) is 0 Å². The van der Waals surface area contributed by atoms with E-state index in [1.807, 2.05) is 11.3 Å². The Morgan fingerprint density at radius 2 is 2.20 bits per heavy atom. The van der Waals surface area contributed by atoms with Gasteiger partial charge in [-0.1, -0.05) is 15.9 Å². The molecule has 1 aromatic carbocycles. The van der Waals surface area contributed by atoms with Crippen molar-refractivity contribution in [1.82, 2.24) is 0 Å². The molecule has 0 amide bonds. The maximum absolute atomic E-state index is 5.82. The SMILES string of the molecule is NCc1sc2ccc(Br)cc2c1C1CC1. The van der Waals surface area contributed by atoms with Crippen molar-refractivity contribution in [2.45, 2.75) is 25.3 Å². The Hall–Kier alpha value is -0.380. The summed E-state index contributed by atoms with van der Waals surface area (Å²) in [4.78, 5) is 1.38. The van der Waals surface area contributed by atoms with Crippen LogP contribution in [0.4, 0.5) is 0 Å². The number of halogens is 1. The van der Waals surface area contributed by atoms with Gasteiger partial charge in [-0.3, -0.25) is 0 Å². The third kappa shape index (κ3) is 1.63. The van der Waals surface area contributed by atoms with Gasteiger partial charge in [0.2, 0.25) is 0 Å². The molecule has 0 atom stereocenters. The minimum absolute atomic E-state index is 0.683. The normalized spacial score (nSPS) is 16.1. The van der Waals surface area contributed by atoms with Crippen LogP contribution in [-0.2, 0) is 6.54 Å². The summed E-state index contributed by atoms with van der Waals surface area (Å²) in [6, 6.07) is 6.53. The molecule has 1 aliphatic carbocycles. The fraction of sp³-hybridized carbons (Fsp3) is 0.333. The van der Waals surface area contributed by atoms with Crippen molar-refractivity contribution in [1.29, 1.82) is 0 Å². The molecule has 2 N–H and O–H groups in total. The Labute approximate surface area is 101 Å². The van der Waals surface area contributed by atoms with E-state index in [9.17, 15) is 0 Å². The number of rotatable bonds is 2. The van der Waals surface area contributed by atoms with Gasteiger partial charge in [0.05, 0.1) is 0 Å². The summed E-state index contributed by atoms with van der Waals surface area (Å²) in [5, 5.41) is 1.41. The molecule has 0 bridgehead atoms. The quantitative estimate of drug-likeness (QED) is 0.885. The molecule has 0 aliphatic heterocycles. The molecule has 3 heteroatoms. The number of hydrogen-bond acceptors (Lipinski definition) is 2. The van der Waals surface area contributed by atoms with E-state index >= 15 is 0 Å². The highest BCUT2D eigenvalue weighted by molar-refractivity contribution is 9.10. The minimum Gasteiger partial charge on any atom is -0.326 e. The predicted molar refractivity (Wildman–Crippen MR) is 69.4 cm³/mol. The summed E-state index contributed by atoms with van der Waals surface area (Å²) in [5.41, 5.74) is 7.34. The molecule has 1 heterocycles. The lowest BCUT2D eigenvalue weighted by Crippen LogP contribution is -1.96. The average Bonchev–Trinajstić information content (AvgIpc) is 2.99. The third-order valence-corrected chi connectivity index (χ3v) is 4.64. The Morgan fingerprint density at radius 1 is 1.40 bits per heavy atom. The molecular formula is C12H12BrNS. The highest BCUT2D eigenvalue weighted by atomic mass is 79.9. The van der Waals surface area contributed by atoms with Crippen molar-refractivity contribution >= 4 is 37.4 Å². The molecular weight excluding hydrogens is 270 g/mol. The molecule has 0 saturated heterocycles. The van der Waals surface area contributed by atoms with E-state index in [2.05, 4.69) is 34.1 Å². The van der Waals surface area contributed by atoms with E-state index in [4.69, 9.17) is 5.73 Å². The summed E-state index contributed by atoms with van der Waals surface area (Å²) >= 11 is 5.40. The van der Waals surface area contributed by atoms with Crippen molar-refractivity contribution in [3.8, 4) is 0 Å². The molecule has 3 rings (SSSR count). The largest absolute Gasteiger partial charge is 0.326 e. The van der Waals surface area contributed by atoms with Gasteiger partial charge in [0.15, 0.2) is 0 Å². The molecule has 0 radical (unpaired) electrons. The average molecular weight is 282 g/mol. The summed E-state index contributed by atoms with van der Waals surface area (Å²) in [5.74, 6) is 0.784. The topological polar surface area (TPSA) is 26.0 Å². The summed E-state index contributed by atoms with van der Waals surface area (Å²) in [6.07, 6.45) is 2.68. The monoisotopic (exact) mass is 281 g/mol. The first-order valence-corrected chi connectivity index (χ1v) is 6.81. The van der Waals surface area contributed by atoms with E-state index in [-0.39, 0.29) is 0 Å². The van der Waals surface area contributed by atoms with Crippen LogP contribution in [-0.4, -0.2) is 0 Å². The van der Waals surface area contributed by atoms with Gasteiger partial charge < -0.3 is 5.73 Å². The summed E-state index contributed by atoms with van der Waals surface area (Å²) < 4.78 is 2.54. The number of nitrogens with two attached hydrogens (primary N) is 1. The molecule has 0 unspecified atom stereocenters. The number of fused-ring (bicyclic) bond motifs is 1. The van der Waals surface area contributed by atoms with Gasteiger partial charge in [0, 0.05) is 20.6 Å². The molecule has 1 saturated carbocycles. The van der Waals surface area contributed by atoms with Crippen LogP contribution in [0.2, 0.25) is 0 Å².